The van der Waals surface area contributed by atoms with E-state index in [1.807, 2.05) is 18.2 Å². The fourth-order valence-electron chi connectivity index (χ4n) is 5.13. The second kappa shape index (κ2) is 9.85. The largest absolute Gasteiger partial charge is 0.393 e. The molecule has 2 aromatic rings. The van der Waals surface area contributed by atoms with Gasteiger partial charge in [0.1, 0.15) is 6.33 Å². The average Bonchev–Trinajstić information content (AvgIpc) is 2.99. The number of hydrogen-bond acceptors (Lipinski definition) is 6. The molecule has 0 bridgehead atoms. The Hall–Kier alpha value is -2.35. The van der Waals surface area contributed by atoms with Gasteiger partial charge in [-0.2, -0.15) is 0 Å². The number of amides is 1. The lowest BCUT2D eigenvalue weighted by Gasteiger charge is -2.38. The normalized spacial score (nSPS) is 28.1. The molecule has 3 atom stereocenters. The third kappa shape index (κ3) is 5.11. The molecule has 1 aromatic heterocycles. The van der Waals surface area contributed by atoms with Crippen LogP contribution < -0.4 is 5.32 Å². The smallest absolute Gasteiger partial charge is 0.254 e. The summed E-state index contributed by atoms with van der Waals surface area (Å²) in [5.74, 6) is -0.178. The third-order valence-corrected chi connectivity index (χ3v) is 7.05. The van der Waals surface area contributed by atoms with Crippen molar-refractivity contribution in [1.82, 2.24) is 20.2 Å². The molecule has 1 saturated carbocycles. The predicted molar refractivity (Wildman–Crippen MR) is 118 cm³/mol. The molecule has 1 saturated heterocycles. The number of aliphatic hydroxyl groups is 2. The van der Waals surface area contributed by atoms with Gasteiger partial charge >= 0.3 is 0 Å². The van der Waals surface area contributed by atoms with Gasteiger partial charge in [0.25, 0.3) is 5.91 Å². The van der Waals surface area contributed by atoms with Gasteiger partial charge in [-0.15, -0.1) is 0 Å². The van der Waals surface area contributed by atoms with Gasteiger partial charge < -0.3 is 15.5 Å². The van der Waals surface area contributed by atoms with Crippen LogP contribution in [-0.2, 0) is 5.41 Å². The second-order valence-corrected chi connectivity index (χ2v) is 8.94. The van der Waals surface area contributed by atoms with E-state index in [9.17, 15) is 15.0 Å². The van der Waals surface area contributed by atoms with Crippen molar-refractivity contribution in [2.24, 2.45) is 0 Å². The molecule has 4 rings (SSSR count). The summed E-state index contributed by atoms with van der Waals surface area (Å²) in [6, 6.07) is 10.4. The number of benzene rings is 1. The van der Waals surface area contributed by atoms with E-state index < -0.39 is 6.10 Å². The molecule has 7 heteroatoms. The first kappa shape index (κ1) is 21.9. The van der Waals surface area contributed by atoms with E-state index >= 15 is 0 Å². The average molecular weight is 425 g/mol. The van der Waals surface area contributed by atoms with Crippen LogP contribution in [0.4, 0.5) is 0 Å². The summed E-state index contributed by atoms with van der Waals surface area (Å²) < 4.78 is 0. The molecule has 0 radical (unpaired) electrons. The Bertz CT molecular complexity index is 842. The van der Waals surface area contributed by atoms with Gasteiger partial charge in [0.2, 0.25) is 0 Å². The van der Waals surface area contributed by atoms with Gasteiger partial charge in [-0.25, -0.2) is 9.97 Å². The number of carbonyl (C=O) groups is 1. The van der Waals surface area contributed by atoms with Crippen LogP contribution in [0.5, 0.6) is 0 Å². The molecule has 2 heterocycles. The highest BCUT2D eigenvalue weighted by Gasteiger charge is 2.40. The summed E-state index contributed by atoms with van der Waals surface area (Å²) in [6.07, 6.45) is 8.59. The van der Waals surface area contributed by atoms with Crippen molar-refractivity contribution in [3.8, 4) is 0 Å². The predicted octanol–water partition coefficient (Wildman–Crippen LogP) is 1.90. The molecule has 7 nitrogen and oxygen atoms in total. The van der Waals surface area contributed by atoms with Gasteiger partial charge in [-0.1, -0.05) is 30.3 Å². The maximum Gasteiger partial charge on any atom is 0.254 e. The van der Waals surface area contributed by atoms with E-state index in [1.165, 1.54) is 24.3 Å². The molecule has 31 heavy (non-hydrogen) atoms. The van der Waals surface area contributed by atoms with E-state index in [0.717, 1.165) is 45.2 Å². The van der Waals surface area contributed by atoms with E-state index in [4.69, 9.17) is 0 Å². The zero-order chi connectivity index (χ0) is 21.7. The highest BCUT2D eigenvalue weighted by atomic mass is 16.3. The molecule has 0 unspecified atom stereocenters. The Morgan fingerprint density at radius 2 is 1.71 bits per heavy atom. The molecule has 1 amide bonds. The maximum absolute atomic E-state index is 12.7. The fraction of sp³-hybridized carbons (Fsp3) is 0.542. The molecule has 3 N–H and O–H groups in total. The van der Waals surface area contributed by atoms with Crippen molar-refractivity contribution < 1.29 is 15.0 Å². The molecule has 1 aliphatic heterocycles. The minimum Gasteiger partial charge on any atom is -0.393 e. The maximum atomic E-state index is 12.7. The second-order valence-electron chi connectivity index (χ2n) is 8.94. The Balaban J connectivity index is 1.52. The number of aromatic nitrogens is 2. The van der Waals surface area contributed by atoms with Gasteiger partial charge in [-0.3, -0.25) is 9.69 Å². The van der Waals surface area contributed by atoms with Crippen molar-refractivity contribution in [2.45, 2.75) is 62.2 Å². The number of piperidine rings is 1. The summed E-state index contributed by atoms with van der Waals surface area (Å²) >= 11 is 0. The first-order valence-corrected chi connectivity index (χ1v) is 11.3. The van der Waals surface area contributed by atoms with Crippen LogP contribution in [0.15, 0.2) is 49.1 Å². The van der Waals surface area contributed by atoms with Crippen LogP contribution in [0, 0.1) is 0 Å². The lowest BCUT2D eigenvalue weighted by atomic mass is 9.74. The number of nitrogens with one attached hydrogen (secondary N) is 1. The fourth-order valence-corrected chi connectivity index (χ4v) is 5.13. The van der Waals surface area contributed by atoms with Crippen molar-refractivity contribution in [2.75, 3.05) is 19.6 Å². The molecular formula is C24H32N4O3. The quantitative estimate of drug-likeness (QED) is 0.634. The molecule has 1 aliphatic carbocycles. The Labute approximate surface area is 183 Å². The molecule has 0 spiro atoms. The van der Waals surface area contributed by atoms with E-state index in [-0.39, 0.29) is 23.5 Å². The van der Waals surface area contributed by atoms with Gasteiger partial charge in [0.15, 0.2) is 0 Å². The summed E-state index contributed by atoms with van der Waals surface area (Å²) in [7, 11) is 0. The number of likely N-dealkylation sites (tertiary alicyclic amines) is 1. The Morgan fingerprint density at radius 3 is 2.42 bits per heavy atom. The highest BCUT2D eigenvalue weighted by molar-refractivity contribution is 5.93. The van der Waals surface area contributed by atoms with Crippen molar-refractivity contribution >= 4 is 5.91 Å². The highest BCUT2D eigenvalue weighted by Crippen LogP contribution is 2.39. The number of nitrogens with zero attached hydrogens (tertiary/aromatic N) is 3. The summed E-state index contributed by atoms with van der Waals surface area (Å²) in [4.78, 5) is 22.9. The summed E-state index contributed by atoms with van der Waals surface area (Å²) in [6.45, 7) is 2.15. The molecular weight excluding hydrogens is 392 g/mol. The molecule has 2 fully saturated rings. The summed E-state index contributed by atoms with van der Waals surface area (Å²) in [5.41, 5.74) is 1.41. The molecule has 166 valence electrons. The summed E-state index contributed by atoms with van der Waals surface area (Å²) in [5, 5.41) is 24.0. The van der Waals surface area contributed by atoms with Crippen molar-refractivity contribution in [1.29, 1.82) is 0 Å². The van der Waals surface area contributed by atoms with E-state index in [2.05, 4.69) is 32.3 Å². The van der Waals surface area contributed by atoms with E-state index in [1.54, 1.807) is 0 Å². The topological polar surface area (TPSA) is 98.6 Å². The number of aliphatic hydroxyl groups excluding tert-OH is 2. The lowest BCUT2D eigenvalue weighted by Crippen LogP contribution is -2.48. The van der Waals surface area contributed by atoms with Crippen LogP contribution in [-0.4, -0.2) is 68.9 Å². The standard InChI is InChI=1S/C24H32N4O3/c29-20-8-12-28(13-9-20)21-6-10-24(11-7-22(21)30,19-4-2-1-3-5-19)16-27-23(31)18-14-25-17-26-15-18/h1-5,14-15,17,20-22,29-30H,6-13,16H2,(H,27,31)/t21-,22-,24-/m0/s1. The van der Waals surface area contributed by atoms with Crippen LogP contribution >= 0.6 is 0 Å². The third-order valence-electron chi connectivity index (χ3n) is 7.05. The van der Waals surface area contributed by atoms with Gasteiger partial charge in [0.05, 0.1) is 17.8 Å². The van der Waals surface area contributed by atoms with Crippen LogP contribution in [0.1, 0.15) is 54.4 Å². The molecule has 1 aromatic carbocycles. The van der Waals surface area contributed by atoms with Crippen LogP contribution in [0.2, 0.25) is 0 Å². The number of carbonyl (C=O) groups excluding carboxylic acids is 1. The molecule has 2 aliphatic rings. The Kier molecular flexibility index (Phi) is 6.95. The lowest BCUT2D eigenvalue weighted by molar-refractivity contribution is 0.00482. The zero-order valence-electron chi connectivity index (χ0n) is 17.9. The first-order chi connectivity index (χ1) is 15.1. The van der Waals surface area contributed by atoms with Gasteiger partial charge in [0, 0.05) is 43.5 Å². The van der Waals surface area contributed by atoms with Crippen LogP contribution in [0.25, 0.3) is 0 Å². The minimum absolute atomic E-state index is 0.0938. The number of rotatable bonds is 5. The zero-order valence-corrected chi connectivity index (χ0v) is 17.9. The van der Waals surface area contributed by atoms with E-state index in [0.29, 0.717) is 18.5 Å². The van der Waals surface area contributed by atoms with Crippen molar-refractivity contribution in [3.63, 3.8) is 0 Å². The Morgan fingerprint density at radius 1 is 1.03 bits per heavy atom. The van der Waals surface area contributed by atoms with Gasteiger partial charge in [-0.05, 0) is 44.1 Å². The number of hydrogen-bond donors (Lipinski definition) is 3. The SMILES string of the molecule is O=C(NC[C@@]1(c2ccccc2)CC[C@H](O)[C@@H](N2CCC(O)CC2)CC1)c1cncnc1. The minimum atomic E-state index is -0.404. The monoisotopic (exact) mass is 424 g/mol. The van der Waals surface area contributed by atoms with Crippen molar-refractivity contribution in [3.05, 3.63) is 60.2 Å². The van der Waals surface area contributed by atoms with Crippen LogP contribution in [0.3, 0.4) is 0 Å². The first-order valence-electron chi connectivity index (χ1n) is 11.3.